The number of aromatic hydroxyl groups is 1. The van der Waals surface area contributed by atoms with Gasteiger partial charge in [-0.05, 0) is 70.6 Å². The molecule has 0 aliphatic carbocycles. The molecule has 0 radical (unpaired) electrons. The van der Waals surface area contributed by atoms with Crippen molar-refractivity contribution in [3.63, 3.8) is 0 Å². The lowest BCUT2D eigenvalue weighted by molar-refractivity contribution is -0.115. The molecule has 3 aromatic carbocycles. The molecule has 3 aromatic rings. The largest absolute Gasteiger partial charge is 0.507 e. The molecule has 0 atom stereocenters. The molecule has 0 saturated heterocycles. The number of phenolic OH excluding ortho intramolecular Hbond substituents is 1. The van der Waals surface area contributed by atoms with E-state index in [1.54, 1.807) is 19.1 Å². The van der Waals surface area contributed by atoms with E-state index in [1.807, 2.05) is 42.5 Å². The van der Waals surface area contributed by atoms with E-state index in [0.717, 1.165) is 14.3 Å². The summed E-state index contributed by atoms with van der Waals surface area (Å²) in [4.78, 5) is 24.5. The van der Waals surface area contributed by atoms with Crippen molar-refractivity contribution in [3.05, 3.63) is 69.8 Å². The standard InChI is InChI=1S/C21H18IN3O3/c1-13(9-20(27)23-17-8-4-7-16(22)12-17)24-25-21(28)18-10-14-5-2-3-6-15(14)11-19(18)26/h2-8,10-12,26H,9H2,1H3,(H,23,27)(H,25,28)/b24-13-. The Morgan fingerprint density at radius 3 is 2.46 bits per heavy atom. The zero-order valence-corrected chi connectivity index (χ0v) is 17.2. The maximum Gasteiger partial charge on any atom is 0.275 e. The average molecular weight is 487 g/mol. The summed E-state index contributed by atoms with van der Waals surface area (Å²) in [5.41, 5.74) is 3.66. The minimum Gasteiger partial charge on any atom is -0.507 e. The third-order valence-electron chi connectivity index (χ3n) is 3.98. The minimum atomic E-state index is -0.541. The smallest absolute Gasteiger partial charge is 0.275 e. The third kappa shape index (κ3) is 5.07. The van der Waals surface area contributed by atoms with Crippen molar-refractivity contribution in [1.82, 2.24) is 5.43 Å². The van der Waals surface area contributed by atoms with E-state index < -0.39 is 5.91 Å². The Labute approximate surface area is 175 Å². The van der Waals surface area contributed by atoms with Gasteiger partial charge >= 0.3 is 0 Å². The van der Waals surface area contributed by atoms with Gasteiger partial charge in [0.05, 0.1) is 12.0 Å². The highest BCUT2D eigenvalue weighted by Gasteiger charge is 2.12. The first-order valence-corrected chi connectivity index (χ1v) is 9.61. The van der Waals surface area contributed by atoms with Crippen LogP contribution >= 0.6 is 22.6 Å². The number of hydrogen-bond donors (Lipinski definition) is 3. The van der Waals surface area contributed by atoms with Gasteiger partial charge in [0, 0.05) is 15.0 Å². The van der Waals surface area contributed by atoms with Crippen LogP contribution in [-0.2, 0) is 4.79 Å². The number of nitrogens with one attached hydrogen (secondary N) is 2. The molecule has 6 nitrogen and oxygen atoms in total. The molecule has 0 aliphatic heterocycles. The Hall–Kier alpha value is -2.94. The van der Waals surface area contributed by atoms with Crippen LogP contribution in [0, 0.1) is 3.57 Å². The van der Waals surface area contributed by atoms with Crippen molar-refractivity contribution in [2.24, 2.45) is 5.10 Å². The molecule has 0 aromatic heterocycles. The lowest BCUT2D eigenvalue weighted by Crippen LogP contribution is -2.21. The van der Waals surface area contributed by atoms with E-state index >= 15 is 0 Å². The number of hydrazone groups is 1. The SMILES string of the molecule is C/C(CC(=O)Nc1cccc(I)c1)=N/NC(=O)c1cc2ccccc2cc1O. The summed E-state index contributed by atoms with van der Waals surface area (Å²) < 4.78 is 1.02. The van der Waals surface area contributed by atoms with Crippen LogP contribution in [0.5, 0.6) is 5.75 Å². The third-order valence-corrected chi connectivity index (χ3v) is 4.65. The molecule has 3 rings (SSSR count). The van der Waals surface area contributed by atoms with Crippen LogP contribution < -0.4 is 10.7 Å². The minimum absolute atomic E-state index is 0.0372. The number of halogens is 1. The fourth-order valence-electron chi connectivity index (χ4n) is 2.66. The highest BCUT2D eigenvalue weighted by molar-refractivity contribution is 14.1. The molecule has 2 amide bonds. The molecule has 0 unspecified atom stereocenters. The first-order chi connectivity index (χ1) is 13.4. The van der Waals surface area contributed by atoms with Gasteiger partial charge in [0.25, 0.3) is 5.91 Å². The highest BCUT2D eigenvalue weighted by atomic mass is 127. The van der Waals surface area contributed by atoms with Gasteiger partial charge in [-0.1, -0.05) is 30.3 Å². The number of hydrogen-bond acceptors (Lipinski definition) is 4. The molecule has 0 fully saturated rings. The van der Waals surface area contributed by atoms with Gasteiger partial charge < -0.3 is 10.4 Å². The number of fused-ring (bicyclic) bond motifs is 1. The summed E-state index contributed by atoms with van der Waals surface area (Å²) >= 11 is 2.17. The van der Waals surface area contributed by atoms with Crippen LogP contribution in [0.1, 0.15) is 23.7 Å². The summed E-state index contributed by atoms with van der Waals surface area (Å²) in [5.74, 6) is -0.896. The van der Waals surface area contributed by atoms with Crippen molar-refractivity contribution in [2.75, 3.05) is 5.32 Å². The summed E-state index contributed by atoms with van der Waals surface area (Å²) in [6.07, 6.45) is 0.0372. The molecule has 3 N–H and O–H groups in total. The van der Waals surface area contributed by atoms with Gasteiger partial charge in [-0.15, -0.1) is 0 Å². The van der Waals surface area contributed by atoms with Gasteiger partial charge in [0.2, 0.25) is 5.91 Å². The predicted molar refractivity (Wildman–Crippen MR) is 119 cm³/mol. The second-order valence-corrected chi connectivity index (χ2v) is 7.49. The van der Waals surface area contributed by atoms with Crippen LogP contribution in [-0.4, -0.2) is 22.6 Å². The molecule has 0 bridgehead atoms. The first-order valence-electron chi connectivity index (χ1n) is 8.53. The molecular formula is C21H18IN3O3. The summed E-state index contributed by atoms with van der Waals surface area (Å²) in [6.45, 7) is 1.65. The maximum atomic E-state index is 12.3. The zero-order valence-electron chi connectivity index (χ0n) is 15.1. The Kier molecular flexibility index (Phi) is 6.25. The van der Waals surface area contributed by atoms with Crippen LogP contribution in [0.2, 0.25) is 0 Å². The molecule has 0 saturated carbocycles. The van der Waals surface area contributed by atoms with E-state index in [2.05, 4.69) is 38.4 Å². The second-order valence-electron chi connectivity index (χ2n) is 6.24. The Balaban J connectivity index is 1.63. The van der Waals surface area contributed by atoms with Gasteiger partial charge in [-0.2, -0.15) is 5.10 Å². The number of carbonyl (C=O) groups is 2. The van der Waals surface area contributed by atoms with Crippen LogP contribution in [0.3, 0.4) is 0 Å². The number of benzene rings is 3. The predicted octanol–water partition coefficient (Wildman–Crippen LogP) is 4.28. The Morgan fingerprint density at radius 2 is 1.75 bits per heavy atom. The van der Waals surface area contributed by atoms with E-state index in [1.165, 1.54) is 6.07 Å². The Bertz CT molecular complexity index is 1080. The van der Waals surface area contributed by atoms with Crippen molar-refractivity contribution in [1.29, 1.82) is 0 Å². The molecule has 0 aliphatic rings. The van der Waals surface area contributed by atoms with Crippen molar-refractivity contribution in [3.8, 4) is 5.75 Å². The van der Waals surface area contributed by atoms with Gasteiger partial charge in [-0.25, -0.2) is 5.43 Å². The van der Waals surface area contributed by atoms with E-state index in [4.69, 9.17) is 0 Å². The maximum absolute atomic E-state index is 12.3. The van der Waals surface area contributed by atoms with Crippen molar-refractivity contribution in [2.45, 2.75) is 13.3 Å². The van der Waals surface area contributed by atoms with Crippen molar-refractivity contribution < 1.29 is 14.7 Å². The summed E-state index contributed by atoms with van der Waals surface area (Å²) in [7, 11) is 0. The van der Waals surface area contributed by atoms with E-state index in [0.29, 0.717) is 11.4 Å². The summed E-state index contributed by atoms with van der Waals surface area (Å²) in [6, 6.07) is 18.0. The molecule has 28 heavy (non-hydrogen) atoms. The fourth-order valence-corrected chi connectivity index (χ4v) is 3.20. The van der Waals surface area contributed by atoms with Crippen LogP contribution in [0.4, 0.5) is 5.69 Å². The average Bonchev–Trinajstić information content (AvgIpc) is 2.65. The fraction of sp³-hybridized carbons (Fsp3) is 0.0952. The van der Waals surface area contributed by atoms with Gasteiger partial charge in [0.15, 0.2) is 0 Å². The first kappa shape index (κ1) is 19.8. The van der Waals surface area contributed by atoms with E-state index in [-0.39, 0.29) is 23.6 Å². The molecule has 0 spiro atoms. The molecule has 7 heteroatoms. The number of nitrogens with zero attached hydrogens (tertiary/aromatic N) is 1. The lowest BCUT2D eigenvalue weighted by atomic mass is 10.1. The van der Waals surface area contributed by atoms with Gasteiger partial charge in [-0.3, -0.25) is 9.59 Å². The van der Waals surface area contributed by atoms with Crippen molar-refractivity contribution >= 4 is 56.6 Å². The molecule has 142 valence electrons. The lowest BCUT2D eigenvalue weighted by Gasteiger charge is -2.07. The number of rotatable bonds is 5. The number of amides is 2. The number of phenols is 1. The van der Waals surface area contributed by atoms with E-state index in [9.17, 15) is 14.7 Å². The van der Waals surface area contributed by atoms with Crippen LogP contribution in [0.25, 0.3) is 10.8 Å². The Morgan fingerprint density at radius 1 is 1.04 bits per heavy atom. The van der Waals surface area contributed by atoms with Crippen LogP contribution in [0.15, 0.2) is 65.8 Å². The highest BCUT2D eigenvalue weighted by Crippen LogP contribution is 2.24. The molecular weight excluding hydrogens is 469 g/mol. The summed E-state index contributed by atoms with van der Waals surface area (Å²) in [5, 5.41) is 18.5. The zero-order chi connectivity index (χ0) is 20.1. The number of carbonyl (C=O) groups excluding carboxylic acids is 2. The topological polar surface area (TPSA) is 90.8 Å². The second kappa shape index (κ2) is 8.83. The van der Waals surface area contributed by atoms with Gasteiger partial charge in [0.1, 0.15) is 5.75 Å². The number of anilines is 1. The normalized spacial score (nSPS) is 11.3. The quantitative estimate of drug-likeness (QED) is 0.285. The molecule has 0 heterocycles. The monoisotopic (exact) mass is 487 g/mol.